The Morgan fingerprint density at radius 3 is 2.67 bits per heavy atom. The number of nitrogens with one attached hydrogen (secondary N) is 2. The quantitative estimate of drug-likeness (QED) is 0.521. The second-order valence-corrected chi connectivity index (χ2v) is 6.79. The number of benzene rings is 1. The maximum Gasteiger partial charge on any atom is 0.335 e. The fraction of sp³-hybridized carbons (Fsp3) is 0.286. The number of anilines is 1. The summed E-state index contributed by atoms with van der Waals surface area (Å²) in [5, 5.41) is 11.2. The van der Waals surface area contributed by atoms with E-state index >= 15 is 0 Å². The third kappa shape index (κ3) is 5.64. The summed E-state index contributed by atoms with van der Waals surface area (Å²) in [5.41, 5.74) is 0. The van der Waals surface area contributed by atoms with E-state index in [1.54, 1.807) is 6.07 Å². The monoisotopic (exact) mass is 417 g/mol. The maximum atomic E-state index is 12.5. The SMILES string of the molecule is COc1nc(CO)nc(NC(=O)NS(=O)(=O)c2ccccc2OCCCl)n1. The highest BCUT2D eigenvalue weighted by Gasteiger charge is 2.22. The van der Waals surface area contributed by atoms with Crippen molar-refractivity contribution >= 4 is 33.6 Å². The average Bonchev–Trinajstić information content (AvgIpc) is 2.65. The third-order valence-corrected chi connectivity index (χ3v) is 4.44. The molecule has 146 valence electrons. The van der Waals surface area contributed by atoms with Crippen molar-refractivity contribution in [2.75, 3.05) is 24.9 Å². The summed E-state index contributed by atoms with van der Waals surface area (Å²) in [7, 11) is -2.97. The number of aromatic nitrogens is 3. The van der Waals surface area contributed by atoms with Gasteiger partial charge in [-0.3, -0.25) is 5.32 Å². The lowest BCUT2D eigenvalue weighted by atomic mass is 10.3. The number of methoxy groups -OCH3 is 1. The Kier molecular flexibility index (Phi) is 7.10. The summed E-state index contributed by atoms with van der Waals surface area (Å²) < 4.78 is 36.8. The van der Waals surface area contributed by atoms with Crippen LogP contribution in [-0.4, -0.2) is 54.1 Å². The number of rotatable bonds is 8. The van der Waals surface area contributed by atoms with Crippen molar-refractivity contribution in [3.8, 4) is 11.8 Å². The molecule has 0 atom stereocenters. The van der Waals surface area contributed by atoms with E-state index in [0.717, 1.165) is 0 Å². The van der Waals surface area contributed by atoms with Crippen LogP contribution in [-0.2, 0) is 16.6 Å². The van der Waals surface area contributed by atoms with Crippen LogP contribution in [0.25, 0.3) is 0 Å². The maximum absolute atomic E-state index is 12.5. The van der Waals surface area contributed by atoms with Crippen LogP contribution in [0.4, 0.5) is 10.7 Å². The number of ether oxygens (including phenoxy) is 2. The summed E-state index contributed by atoms with van der Waals surface area (Å²) in [4.78, 5) is 23.0. The fourth-order valence-corrected chi connectivity index (χ4v) is 2.99. The molecule has 0 radical (unpaired) electrons. The van der Waals surface area contributed by atoms with E-state index in [1.807, 2.05) is 4.72 Å². The first-order valence-electron chi connectivity index (χ1n) is 7.41. The van der Waals surface area contributed by atoms with Crippen molar-refractivity contribution in [2.45, 2.75) is 11.5 Å². The van der Waals surface area contributed by atoms with Gasteiger partial charge in [-0.15, -0.1) is 11.6 Å². The summed E-state index contributed by atoms with van der Waals surface area (Å²) in [6.07, 6.45) is 0. The van der Waals surface area contributed by atoms with E-state index in [0.29, 0.717) is 0 Å². The second-order valence-electron chi connectivity index (χ2n) is 4.76. The van der Waals surface area contributed by atoms with E-state index in [-0.39, 0.29) is 40.9 Å². The number of aliphatic hydroxyl groups excluding tert-OH is 1. The molecular formula is C14H16ClN5O6S. The van der Waals surface area contributed by atoms with Crippen LogP contribution in [0.5, 0.6) is 11.8 Å². The zero-order chi connectivity index (χ0) is 19.9. The second kappa shape index (κ2) is 9.30. The zero-order valence-corrected chi connectivity index (χ0v) is 15.6. The normalized spacial score (nSPS) is 10.9. The molecule has 13 heteroatoms. The van der Waals surface area contributed by atoms with Crippen LogP contribution < -0.4 is 19.5 Å². The lowest BCUT2D eigenvalue weighted by Gasteiger charge is -2.12. The molecule has 0 aliphatic heterocycles. The standard InChI is InChI=1S/C14H16ClN5O6S/c1-25-14-17-11(8-21)16-12(19-14)18-13(22)20-27(23,24)10-5-3-2-4-9(10)26-7-6-15/h2-5,21H,6-8H2,1H3,(H2,16,17,18,19,20,22). The van der Waals surface area contributed by atoms with Gasteiger partial charge in [-0.05, 0) is 12.1 Å². The Labute approximate surface area is 159 Å². The van der Waals surface area contributed by atoms with Crippen molar-refractivity contribution in [3.05, 3.63) is 30.1 Å². The van der Waals surface area contributed by atoms with Gasteiger partial charge in [0.15, 0.2) is 5.82 Å². The van der Waals surface area contributed by atoms with Gasteiger partial charge in [0, 0.05) is 0 Å². The molecule has 3 N–H and O–H groups in total. The largest absolute Gasteiger partial charge is 0.491 e. The molecule has 0 aliphatic carbocycles. The Balaban J connectivity index is 2.18. The number of para-hydroxylation sites is 1. The molecule has 11 nitrogen and oxygen atoms in total. The Hall–Kier alpha value is -2.70. The number of carbonyl (C=O) groups is 1. The molecule has 0 unspecified atom stereocenters. The van der Waals surface area contributed by atoms with Gasteiger partial charge in [-0.2, -0.15) is 15.0 Å². The lowest BCUT2D eigenvalue weighted by Crippen LogP contribution is -2.35. The van der Waals surface area contributed by atoms with Crippen LogP contribution in [0.2, 0.25) is 0 Å². The van der Waals surface area contributed by atoms with Crippen molar-refractivity contribution in [1.82, 2.24) is 19.7 Å². The molecule has 1 heterocycles. The predicted octanol–water partition coefficient (Wildman–Crippen LogP) is 0.500. The summed E-state index contributed by atoms with van der Waals surface area (Å²) in [6.45, 7) is -0.437. The third-order valence-electron chi connectivity index (χ3n) is 2.91. The number of aliphatic hydroxyl groups is 1. The number of carbonyl (C=O) groups excluding carboxylic acids is 1. The van der Waals surface area contributed by atoms with Crippen molar-refractivity contribution in [2.24, 2.45) is 0 Å². The molecule has 1 aromatic heterocycles. The van der Waals surface area contributed by atoms with Crippen LogP contribution in [0.15, 0.2) is 29.2 Å². The van der Waals surface area contributed by atoms with Crippen LogP contribution in [0, 0.1) is 0 Å². The molecule has 1 aromatic carbocycles. The summed E-state index contributed by atoms with van der Waals surface area (Å²) in [5.74, 6) is -0.163. The first-order chi connectivity index (χ1) is 12.9. The molecule has 0 spiro atoms. The van der Waals surface area contributed by atoms with Gasteiger partial charge in [-0.25, -0.2) is 17.9 Å². The number of urea groups is 1. The summed E-state index contributed by atoms with van der Waals surface area (Å²) in [6, 6.07) is 4.48. The number of sulfonamides is 1. The highest BCUT2D eigenvalue weighted by atomic mass is 35.5. The first-order valence-corrected chi connectivity index (χ1v) is 9.42. The van der Waals surface area contributed by atoms with Gasteiger partial charge in [0.25, 0.3) is 10.0 Å². The Bertz CT molecular complexity index is 888. The highest BCUT2D eigenvalue weighted by Crippen LogP contribution is 2.23. The van der Waals surface area contributed by atoms with Gasteiger partial charge in [0.2, 0.25) is 5.95 Å². The minimum Gasteiger partial charge on any atom is -0.491 e. The molecule has 0 fully saturated rings. The predicted molar refractivity (Wildman–Crippen MR) is 94.3 cm³/mol. The topological polar surface area (TPSA) is 153 Å². The molecule has 0 saturated heterocycles. The number of amides is 2. The van der Waals surface area contributed by atoms with Crippen molar-refractivity contribution in [3.63, 3.8) is 0 Å². The van der Waals surface area contributed by atoms with Crippen LogP contribution >= 0.6 is 11.6 Å². The van der Waals surface area contributed by atoms with Crippen LogP contribution in [0.1, 0.15) is 5.82 Å². The molecule has 0 bridgehead atoms. The van der Waals surface area contributed by atoms with Gasteiger partial charge in [0.05, 0.1) is 13.0 Å². The van der Waals surface area contributed by atoms with E-state index in [4.69, 9.17) is 26.2 Å². The number of alkyl halides is 1. The minimum absolute atomic E-state index is 0.0443. The fourth-order valence-electron chi connectivity index (χ4n) is 1.86. The van der Waals surface area contributed by atoms with E-state index in [2.05, 4.69) is 20.3 Å². The number of hydrogen-bond acceptors (Lipinski definition) is 9. The number of hydrogen-bond donors (Lipinski definition) is 3. The van der Waals surface area contributed by atoms with Crippen LogP contribution in [0.3, 0.4) is 0 Å². The molecule has 0 aliphatic rings. The molecule has 27 heavy (non-hydrogen) atoms. The zero-order valence-electron chi connectivity index (χ0n) is 14.0. The first kappa shape index (κ1) is 20.6. The van der Waals surface area contributed by atoms with Gasteiger partial charge >= 0.3 is 12.0 Å². The van der Waals surface area contributed by atoms with E-state index in [9.17, 15) is 13.2 Å². The summed E-state index contributed by atoms with van der Waals surface area (Å²) >= 11 is 5.54. The van der Waals surface area contributed by atoms with Gasteiger partial charge in [0.1, 0.15) is 23.9 Å². The molecule has 2 aromatic rings. The Morgan fingerprint density at radius 1 is 1.26 bits per heavy atom. The molecule has 2 rings (SSSR count). The van der Waals surface area contributed by atoms with E-state index in [1.165, 1.54) is 25.3 Å². The lowest BCUT2D eigenvalue weighted by molar-refractivity contribution is 0.255. The number of nitrogens with zero attached hydrogens (tertiary/aromatic N) is 3. The number of halogens is 1. The minimum atomic E-state index is -4.25. The average molecular weight is 418 g/mol. The molecule has 0 saturated carbocycles. The van der Waals surface area contributed by atoms with E-state index < -0.39 is 22.7 Å². The smallest absolute Gasteiger partial charge is 0.335 e. The molecular weight excluding hydrogens is 402 g/mol. The van der Waals surface area contributed by atoms with Crippen molar-refractivity contribution in [1.29, 1.82) is 0 Å². The van der Waals surface area contributed by atoms with Gasteiger partial charge < -0.3 is 14.6 Å². The molecule has 2 amide bonds. The van der Waals surface area contributed by atoms with Crippen molar-refractivity contribution < 1.29 is 27.8 Å². The highest BCUT2D eigenvalue weighted by molar-refractivity contribution is 7.90. The Morgan fingerprint density at radius 2 is 2.00 bits per heavy atom. The van der Waals surface area contributed by atoms with Gasteiger partial charge in [-0.1, -0.05) is 12.1 Å².